The van der Waals surface area contributed by atoms with Crippen molar-refractivity contribution >= 4 is 22.6 Å². The van der Waals surface area contributed by atoms with Crippen molar-refractivity contribution in [2.45, 2.75) is 40.7 Å². The average molecular weight is 393 g/mol. The number of ether oxygens (including phenoxy) is 1. The van der Waals surface area contributed by atoms with E-state index >= 15 is 0 Å². The monoisotopic (exact) mass is 392 g/mol. The summed E-state index contributed by atoms with van der Waals surface area (Å²) in [6, 6.07) is 13.6. The van der Waals surface area contributed by atoms with Gasteiger partial charge < -0.3 is 4.74 Å². The first-order valence-electron chi connectivity index (χ1n) is 9.96. The number of nitrogens with one attached hydrogen (secondary N) is 1. The highest BCUT2D eigenvalue weighted by Gasteiger charge is 2.11. The molecule has 1 heterocycles. The van der Waals surface area contributed by atoms with Crippen molar-refractivity contribution < 1.29 is 4.74 Å². The summed E-state index contributed by atoms with van der Waals surface area (Å²) in [6.07, 6.45) is 0.725. The zero-order valence-corrected chi connectivity index (χ0v) is 17.5. The van der Waals surface area contributed by atoms with Crippen LogP contribution < -0.4 is 11.0 Å². The van der Waals surface area contributed by atoms with Crippen molar-refractivity contribution in [2.24, 2.45) is 5.10 Å². The lowest BCUT2D eigenvalue weighted by Crippen LogP contribution is -2.25. The fourth-order valence-electron chi connectivity index (χ4n) is 3.09. The number of benzene rings is 2. The molecule has 0 bridgehead atoms. The van der Waals surface area contributed by atoms with Crippen LogP contribution >= 0.6 is 0 Å². The maximum absolute atomic E-state index is 13.0. The minimum atomic E-state index is -0.0753. The quantitative estimate of drug-likeness (QED) is 0.353. The third-order valence-corrected chi connectivity index (χ3v) is 4.98. The molecule has 6 heteroatoms. The van der Waals surface area contributed by atoms with Crippen LogP contribution in [0.15, 0.2) is 52.4 Å². The van der Waals surface area contributed by atoms with Crippen molar-refractivity contribution in [2.75, 3.05) is 18.6 Å². The van der Waals surface area contributed by atoms with E-state index in [4.69, 9.17) is 4.74 Å². The zero-order valence-electron chi connectivity index (χ0n) is 17.5. The molecule has 6 nitrogen and oxygen atoms in total. The van der Waals surface area contributed by atoms with E-state index < -0.39 is 0 Å². The Morgan fingerprint density at radius 2 is 1.97 bits per heavy atom. The van der Waals surface area contributed by atoms with Crippen molar-refractivity contribution in [1.29, 1.82) is 0 Å². The predicted molar refractivity (Wildman–Crippen MR) is 119 cm³/mol. The van der Waals surface area contributed by atoms with E-state index in [1.54, 1.807) is 10.6 Å². The van der Waals surface area contributed by atoms with Gasteiger partial charge in [-0.15, -0.1) is 0 Å². The highest BCUT2D eigenvalue weighted by atomic mass is 16.5. The van der Waals surface area contributed by atoms with Crippen molar-refractivity contribution in [3.63, 3.8) is 0 Å². The molecule has 29 heavy (non-hydrogen) atoms. The van der Waals surface area contributed by atoms with Crippen LogP contribution in [0, 0.1) is 13.8 Å². The van der Waals surface area contributed by atoms with E-state index in [-0.39, 0.29) is 5.56 Å². The van der Waals surface area contributed by atoms with Crippen LogP contribution in [0.1, 0.15) is 37.0 Å². The van der Waals surface area contributed by atoms with Crippen LogP contribution in [0.3, 0.4) is 0 Å². The molecule has 0 spiro atoms. The third kappa shape index (κ3) is 4.90. The van der Waals surface area contributed by atoms with Crippen LogP contribution in [-0.2, 0) is 11.3 Å². The lowest BCUT2D eigenvalue weighted by molar-refractivity contribution is 0.141. The smallest absolute Gasteiger partial charge is 0.262 e. The molecule has 1 N–H and O–H groups in total. The number of hydrogen-bond donors (Lipinski definition) is 1. The molecule has 0 saturated heterocycles. The SMILES string of the molecule is CCOCCCn1c(N/N=C(/C)c2ccc(C)c(C)c2)nc2ccccc2c1=O. The number of aromatic nitrogens is 2. The Hall–Kier alpha value is -2.99. The highest BCUT2D eigenvalue weighted by molar-refractivity contribution is 5.99. The number of anilines is 1. The van der Waals surface area contributed by atoms with Crippen LogP contribution in [0.25, 0.3) is 10.9 Å². The molecule has 0 fully saturated rings. The summed E-state index contributed by atoms with van der Waals surface area (Å²) >= 11 is 0. The molecule has 0 saturated carbocycles. The van der Waals surface area contributed by atoms with Crippen molar-refractivity contribution in [3.05, 3.63) is 69.5 Å². The van der Waals surface area contributed by atoms with E-state index in [9.17, 15) is 4.79 Å². The molecule has 1 aromatic heterocycles. The number of hydrogen-bond acceptors (Lipinski definition) is 5. The lowest BCUT2D eigenvalue weighted by atomic mass is 10.0. The van der Waals surface area contributed by atoms with E-state index in [0.717, 1.165) is 17.7 Å². The fourth-order valence-corrected chi connectivity index (χ4v) is 3.09. The van der Waals surface area contributed by atoms with E-state index in [1.165, 1.54) is 11.1 Å². The predicted octanol–water partition coefficient (Wildman–Crippen LogP) is 4.28. The second-order valence-electron chi connectivity index (χ2n) is 7.07. The van der Waals surface area contributed by atoms with Gasteiger partial charge in [0.2, 0.25) is 5.95 Å². The Morgan fingerprint density at radius 3 is 2.72 bits per heavy atom. The summed E-state index contributed by atoms with van der Waals surface area (Å²) < 4.78 is 7.05. The molecule has 0 aliphatic heterocycles. The fraction of sp³-hybridized carbons (Fsp3) is 0.348. The van der Waals surface area contributed by atoms with Gasteiger partial charge >= 0.3 is 0 Å². The van der Waals surface area contributed by atoms with Gasteiger partial charge in [0.15, 0.2) is 0 Å². The van der Waals surface area contributed by atoms with Crippen LogP contribution in [0.4, 0.5) is 5.95 Å². The molecule has 2 aromatic carbocycles. The summed E-state index contributed by atoms with van der Waals surface area (Å²) in [6.45, 7) is 9.84. The highest BCUT2D eigenvalue weighted by Crippen LogP contribution is 2.14. The molecule has 0 atom stereocenters. The largest absolute Gasteiger partial charge is 0.382 e. The lowest BCUT2D eigenvalue weighted by Gasteiger charge is -2.13. The van der Waals surface area contributed by atoms with Gasteiger partial charge in [-0.25, -0.2) is 10.4 Å². The van der Waals surface area contributed by atoms with Crippen molar-refractivity contribution in [3.8, 4) is 0 Å². The van der Waals surface area contributed by atoms with Gasteiger partial charge in [-0.2, -0.15) is 5.10 Å². The molecule has 0 amide bonds. The topological polar surface area (TPSA) is 68.5 Å². The second kappa shape index (κ2) is 9.47. The summed E-state index contributed by atoms with van der Waals surface area (Å²) in [7, 11) is 0. The molecule has 152 valence electrons. The average Bonchev–Trinajstić information content (AvgIpc) is 2.73. The molecular weight excluding hydrogens is 364 g/mol. The summed E-state index contributed by atoms with van der Waals surface area (Å²) in [5, 5.41) is 5.10. The maximum Gasteiger partial charge on any atom is 0.262 e. The third-order valence-electron chi connectivity index (χ3n) is 4.98. The van der Waals surface area contributed by atoms with Gasteiger partial charge in [0, 0.05) is 19.8 Å². The first-order valence-corrected chi connectivity index (χ1v) is 9.96. The number of hydrazone groups is 1. The number of rotatable bonds is 8. The molecule has 3 aromatic rings. The summed E-state index contributed by atoms with van der Waals surface area (Å²) in [5.74, 6) is 0.438. The molecule has 0 radical (unpaired) electrons. The van der Waals surface area contributed by atoms with E-state index in [1.807, 2.05) is 38.1 Å². The van der Waals surface area contributed by atoms with Gasteiger partial charge in [0.1, 0.15) is 0 Å². The Morgan fingerprint density at radius 1 is 1.17 bits per heavy atom. The van der Waals surface area contributed by atoms with Crippen LogP contribution in [0.2, 0.25) is 0 Å². The Labute approximate surface area is 171 Å². The van der Waals surface area contributed by atoms with Gasteiger partial charge in [-0.3, -0.25) is 9.36 Å². The summed E-state index contributed by atoms with van der Waals surface area (Å²) in [4.78, 5) is 17.6. The summed E-state index contributed by atoms with van der Waals surface area (Å²) in [5.41, 5.74) is 7.92. The second-order valence-corrected chi connectivity index (χ2v) is 7.07. The van der Waals surface area contributed by atoms with Crippen LogP contribution in [0.5, 0.6) is 0 Å². The number of aryl methyl sites for hydroxylation is 2. The van der Waals surface area contributed by atoms with Gasteiger partial charge in [-0.1, -0.05) is 24.3 Å². The standard InChI is InChI=1S/C23H28N4O2/c1-5-29-14-8-13-27-22(28)20-9-6-7-10-21(20)24-23(27)26-25-18(4)19-12-11-16(2)17(3)15-19/h6-7,9-12,15H,5,8,13-14H2,1-4H3,(H,24,26)/b25-18-. The normalized spacial score (nSPS) is 11.8. The molecule has 3 rings (SSSR count). The van der Waals surface area contributed by atoms with E-state index in [2.05, 4.69) is 41.5 Å². The Kier molecular flexibility index (Phi) is 6.77. The van der Waals surface area contributed by atoms with Gasteiger partial charge in [-0.05, 0) is 69.0 Å². The Bertz CT molecular complexity index is 1090. The first-order chi connectivity index (χ1) is 14.0. The maximum atomic E-state index is 13.0. The molecule has 0 aliphatic carbocycles. The number of para-hydroxylation sites is 1. The molecular formula is C23H28N4O2. The minimum absolute atomic E-state index is 0.0753. The van der Waals surface area contributed by atoms with Gasteiger partial charge in [0.05, 0.1) is 16.6 Å². The first kappa shape index (κ1) is 20.7. The van der Waals surface area contributed by atoms with Crippen LogP contribution in [-0.4, -0.2) is 28.5 Å². The minimum Gasteiger partial charge on any atom is -0.382 e. The number of fused-ring (bicyclic) bond motifs is 1. The van der Waals surface area contributed by atoms with E-state index in [0.29, 0.717) is 36.6 Å². The van der Waals surface area contributed by atoms with Crippen molar-refractivity contribution in [1.82, 2.24) is 9.55 Å². The molecule has 0 unspecified atom stereocenters. The molecule has 0 aliphatic rings. The van der Waals surface area contributed by atoms with Gasteiger partial charge in [0.25, 0.3) is 5.56 Å². The number of nitrogens with zero attached hydrogens (tertiary/aromatic N) is 3. The Balaban J connectivity index is 1.93. The zero-order chi connectivity index (χ0) is 20.8.